The summed E-state index contributed by atoms with van der Waals surface area (Å²) in [6, 6.07) is 11.1. The van der Waals surface area contributed by atoms with E-state index in [0.29, 0.717) is 17.9 Å². The molecule has 0 saturated carbocycles. The monoisotopic (exact) mass is 339 g/mol. The molecule has 1 atom stereocenters. The molecule has 128 valence electrons. The molecule has 0 aliphatic heterocycles. The molecular weight excluding hydrogens is 321 g/mol. The van der Waals surface area contributed by atoms with Crippen molar-refractivity contribution in [2.75, 3.05) is 0 Å². The first-order chi connectivity index (χ1) is 12.1. The molecule has 0 aliphatic rings. The van der Waals surface area contributed by atoms with Crippen LogP contribution in [-0.2, 0) is 6.54 Å². The molecular formula is C18H18FN5O. The summed E-state index contributed by atoms with van der Waals surface area (Å²) < 4.78 is 15.4. The minimum atomic E-state index is -0.429. The topological polar surface area (TPSA) is 71.8 Å². The molecule has 7 heteroatoms. The third-order valence-electron chi connectivity index (χ3n) is 3.72. The second-order valence-corrected chi connectivity index (χ2v) is 5.55. The van der Waals surface area contributed by atoms with Crippen LogP contribution in [0.15, 0.2) is 61.1 Å². The van der Waals surface area contributed by atoms with E-state index in [1.165, 1.54) is 6.07 Å². The number of urea groups is 1. The zero-order valence-corrected chi connectivity index (χ0v) is 13.7. The quantitative estimate of drug-likeness (QED) is 0.751. The maximum Gasteiger partial charge on any atom is 0.315 e. The van der Waals surface area contributed by atoms with Crippen LogP contribution in [0.3, 0.4) is 0 Å². The van der Waals surface area contributed by atoms with E-state index in [2.05, 4.69) is 20.7 Å². The van der Waals surface area contributed by atoms with Crippen LogP contribution in [0, 0.1) is 5.82 Å². The van der Waals surface area contributed by atoms with E-state index in [-0.39, 0.29) is 11.8 Å². The van der Waals surface area contributed by atoms with Crippen molar-refractivity contribution in [3.63, 3.8) is 0 Å². The van der Waals surface area contributed by atoms with Crippen molar-refractivity contribution in [3.8, 4) is 5.82 Å². The smallest absolute Gasteiger partial charge is 0.315 e. The maximum atomic E-state index is 13.7. The standard InChI is InChI=1S/C18H18FN5O/c1-13(15-5-2-3-6-16(15)19)23-18(25)21-12-14-7-8-17(20-11-14)24-10-4-9-22-24/h2-11,13H,12H2,1H3,(H2,21,23,25). The second-order valence-electron chi connectivity index (χ2n) is 5.55. The zero-order chi connectivity index (χ0) is 17.6. The van der Waals surface area contributed by atoms with Crippen molar-refractivity contribution in [3.05, 3.63) is 78.0 Å². The van der Waals surface area contributed by atoms with E-state index in [1.807, 2.05) is 18.2 Å². The van der Waals surface area contributed by atoms with Gasteiger partial charge >= 0.3 is 6.03 Å². The molecule has 3 rings (SSSR count). The van der Waals surface area contributed by atoms with Gasteiger partial charge in [-0.15, -0.1) is 0 Å². The fourth-order valence-corrected chi connectivity index (χ4v) is 2.40. The van der Waals surface area contributed by atoms with Crippen LogP contribution in [0.25, 0.3) is 5.82 Å². The fourth-order valence-electron chi connectivity index (χ4n) is 2.40. The van der Waals surface area contributed by atoms with Crippen molar-refractivity contribution < 1.29 is 9.18 Å². The fraction of sp³-hybridized carbons (Fsp3) is 0.167. The van der Waals surface area contributed by atoms with Gasteiger partial charge in [0.2, 0.25) is 0 Å². The number of benzene rings is 1. The number of hydrogen-bond donors (Lipinski definition) is 2. The van der Waals surface area contributed by atoms with E-state index in [1.54, 1.807) is 48.4 Å². The van der Waals surface area contributed by atoms with Gasteiger partial charge < -0.3 is 10.6 Å². The van der Waals surface area contributed by atoms with Crippen molar-refractivity contribution in [2.45, 2.75) is 19.5 Å². The Bertz CT molecular complexity index is 833. The van der Waals surface area contributed by atoms with Gasteiger partial charge in [0.05, 0.1) is 6.04 Å². The van der Waals surface area contributed by atoms with Gasteiger partial charge in [0.15, 0.2) is 5.82 Å². The summed E-state index contributed by atoms with van der Waals surface area (Å²) in [6.07, 6.45) is 5.16. The van der Waals surface area contributed by atoms with Crippen LogP contribution < -0.4 is 10.6 Å². The lowest BCUT2D eigenvalue weighted by atomic mass is 10.1. The lowest BCUT2D eigenvalue weighted by Crippen LogP contribution is -2.36. The van der Waals surface area contributed by atoms with Crippen LogP contribution in [-0.4, -0.2) is 20.8 Å². The van der Waals surface area contributed by atoms with Crippen LogP contribution in [0.2, 0.25) is 0 Å². The number of halogens is 1. The Morgan fingerprint density at radius 2 is 2.08 bits per heavy atom. The minimum Gasteiger partial charge on any atom is -0.334 e. The van der Waals surface area contributed by atoms with Crippen molar-refractivity contribution in [2.24, 2.45) is 0 Å². The van der Waals surface area contributed by atoms with Crippen LogP contribution in [0.1, 0.15) is 24.1 Å². The lowest BCUT2D eigenvalue weighted by Gasteiger charge is -2.15. The average Bonchev–Trinajstić information content (AvgIpc) is 3.15. The van der Waals surface area contributed by atoms with Gasteiger partial charge in [0.25, 0.3) is 0 Å². The molecule has 0 fully saturated rings. The van der Waals surface area contributed by atoms with E-state index >= 15 is 0 Å². The molecule has 0 aliphatic carbocycles. The predicted octanol–water partition coefficient (Wildman–Crippen LogP) is 2.97. The summed E-state index contributed by atoms with van der Waals surface area (Å²) in [5.41, 5.74) is 1.30. The number of aromatic nitrogens is 3. The third-order valence-corrected chi connectivity index (χ3v) is 3.72. The Hall–Kier alpha value is -3.22. The number of rotatable bonds is 5. The highest BCUT2D eigenvalue weighted by atomic mass is 19.1. The molecule has 1 unspecified atom stereocenters. The number of carbonyl (C=O) groups is 1. The number of amides is 2. The van der Waals surface area contributed by atoms with Gasteiger partial charge in [0.1, 0.15) is 5.82 Å². The first-order valence-corrected chi connectivity index (χ1v) is 7.87. The minimum absolute atomic E-state index is 0.322. The van der Waals surface area contributed by atoms with Gasteiger partial charge in [-0.1, -0.05) is 24.3 Å². The van der Waals surface area contributed by atoms with Crippen LogP contribution in [0.4, 0.5) is 9.18 Å². The van der Waals surface area contributed by atoms with Gasteiger partial charge in [-0.2, -0.15) is 5.10 Å². The van der Waals surface area contributed by atoms with Crippen molar-refractivity contribution in [1.82, 2.24) is 25.4 Å². The van der Waals surface area contributed by atoms with Gasteiger partial charge in [-0.25, -0.2) is 18.9 Å². The van der Waals surface area contributed by atoms with Crippen molar-refractivity contribution >= 4 is 6.03 Å². The Morgan fingerprint density at radius 1 is 1.24 bits per heavy atom. The Morgan fingerprint density at radius 3 is 2.76 bits per heavy atom. The molecule has 25 heavy (non-hydrogen) atoms. The second kappa shape index (κ2) is 7.57. The number of pyridine rings is 1. The van der Waals surface area contributed by atoms with E-state index in [4.69, 9.17) is 0 Å². The normalized spacial score (nSPS) is 11.8. The lowest BCUT2D eigenvalue weighted by molar-refractivity contribution is 0.237. The van der Waals surface area contributed by atoms with Crippen LogP contribution in [0.5, 0.6) is 0 Å². The number of nitrogens with one attached hydrogen (secondary N) is 2. The summed E-state index contributed by atoms with van der Waals surface area (Å²) in [7, 11) is 0. The summed E-state index contributed by atoms with van der Waals surface area (Å²) in [5, 5.41) is 9.56. The summed E-state index contributed by atoms with van der Waals surface area (Å²) in [4.78, 5) is 16.3. The molecule has 0 saturated heterocycles. The van der Waals surface area contributed by atoms with E-state index < -0.39 is 6.04 Å². The van der Waals surface area contributed by atoms with E-state index in [9.17, 15) is 9.18 Å². The molecule has 0 radical (unpaired) electrons. The van der Waals surface area contributed by atoms with Gasteiger partial charge in [-0.05, 0) is 30.7 Å². The van der Waals surface area contributed by atoms with Crippen molar-refractivity contribution in [1.29, 1.82) is 0 Å². The molecule has 1 aromatic carbocycles. The zero-order valence-electron chi connectivity index (χ0n) is 13.7. The van der Waals surface area contributed by atoms with Gasteiger partial charge in [-0.3, -0.25) is 0 Å². The number of carbonyl (C=O) groups excluding carboxylic acids is 1. The average molecular weight is 339 g/mol. The molecule has 2 N–H and O–H groups in total. The first-order valence-electron chi connectivity index (χ1n) is 7.87. The Balaban J connectivity index is 1.53. The third kappa shape index (κ3) is 4.20. The largest absolute Gasteiger partial charge is 0.334 e. The molecule has 2 aromatic heterocycles. The van der Waals surface area contributed by atoms with Gasteiger partial charge in [0, 0.05) is 30.7 Å². The predicted molar refractivity (Wildman–Crippen MR) is 91.5 cm³/mol. The summed E-state index contributed by atoms with van der Waals surface area (Å²) in [5.74, 6) is 0.361. The molecule has 6 nitrogen and oxygen atoms in total. The number of nitrogens with zero attached hydrogens (tertiary/aromatic N) is 3. The highest BCUT2D eigenvalue weighted by molar-refractivity contribution is 5.74. The number of hydrogen-bond acceptors (Lipinski definition) is 3. The Labute approximate surface area is 144 Å². The molecule has 0 bridgehead atoms. The molecule has 3 aromatic rings. The highest BCUT2D eigenvalue weighted by Crippen LogP contribution is 2.15. The van der Waals surface area contributed by atoms with E-state index in [0.717, 1.165) is 5.56 Å². The molecule has 0 spiro atoms. The maximum absolute atomic E-state index is 13.7. The molecule has 2 amide bonds. The summed E-state index contributed by atoms with van der Waals surface area (Å²) >= 11 is 0. The Kier molecular flexibility index (Phi) is 5.03. The summed E-state index contributed by atoms with van der Waals surface area (Å²) in [6.45, 7) is 2.06. The van der Waals surface area contributed by atoms with Crippen LogP contribution >= 0.6 is 0 Å². The molecule has 2 heterocycles. The first kappa shape index (κ1) is 16.6. The SMILES string of the molecule is CC(NC(=O)NCc1ccc(-n2cccn2)nc1)c1ccccc1F. The highest BCUT2D eigenvalue weighted by Gasteiger charge is 2.12.